The second-order valence-corrected chi connectivity index (χ2v) is 6.17. The minimum Gasteiger partial charge on any atom is -0.365 e. The van der Waals surface area contributed by atoms with Gasteiger partial charge in [-0.3, -0.25) is 14.9 Å². The lowest BCUT2D eigenvalue weighted by Gasteiger charge is -2.19. The summed E-state index contributed by atoms with van der Waals surface area (Å²) in [5.74, 6) is -0.517. The molecular weight excluding hydrogens is 320 g/mol. The van der Waals surface area contributed by atoms with Crippen molar-refractivity contribution >= 4 is 17.4 Å². The molecule has 0 aliphatic rings. The van der Waals surface area contributed by atoms with E-state index in [-0.39, 0.29) is 17.1 Å². The van der Waals surface area contributed by atoms with Crippen LogP contribution in [0.1, 0.15) is 43.7 Å². The molecule has 3 N–H and O–H groups in total. The first-order chi connectivity index (χ1) is 11.6. The molecule has 7 heteroatoms. The van der Waals surface area contributed by atoms with Crippen LogP contribution in [-0.2, 0) is 6.54 Å². The van der Waals surface area contributed by atoms with E-state index in [9.17, 15) is 14.9 Å². The third-order valence-electron chi connectivity index (χ3n) is 4.94. The standard InChI is InChI=1S/C18H22N4O3/c1-9-10(2)12(4)16(13(5)11(9)3)8-21-18-15(17(19)23)6-14(7-20-18)22(24)25/h6-7H,8H2,1-5H3,(H2,19,23)(H,20,21). The van der Waals surface area contributed by atoms with Crippen LogP contribution in [0.15, 0.2) is 12.3 Å². The second kappa shape index (κ2) is 6.88. The van der Waals surface area contributed by atoms with E-state index in [4.69, 9.17) is 5.73 Å². The number of carbonyl (C=O) groups excluding carboxylic acids is 1. The monoisotopic (exact) mass is 342 g/mol. The normalized spacial score (nSPS) is 10.6. The Hall–Kier alpha value is -2.96. The molecule has 0 spiro atoms. The number of primary amides is 1. The summed E-state index contributed by atoms with van der Waals surface area (Å²) >= 11 is 0. The topological polar surface area (TPSA) is 111 Å². The van der Waals surface area contributed by atoms with Gasteiger partial charge in [0.1, 0.15) is 12.0 Å². The first-order valence-electron chi connectivity index (χ1n) is 7.89. The van der Waals surface area contributed by atoms with Gasteiger partial charge in [0.05, 0.1) is 10.5 Å². The molecule has 0 aliphatic carbocycles. The molecule has 0 saturated heterocycles. The van der Waals surface area contributed by atoms with Gasteiger partial charge in [-0.1, -0.05) is 0 Å². The van der Waals surface area contributed by atoms with Gasteiger partial charge in [-0.15, -0.1) is 0 Å². The van der Waals surface area contributed by atoms with Crippen LogP contribution in [0, 0.1) is 44.7 Å². The van der Waals surface area contributed by atoms with E-state index in [0.29, 0.717) is 6.54 Å². The fourth-order valence-corrected chi connectivity index (χ4v) is 2.90. The lowest BCUT2D eigenvalue weighted by Crippen LogP contribution is -2.17. The number of nitrogens with two attached hydrogens (primary N) is 1. The lowest BCUT2D eigenvalue weighted by atomic mass is 9.89. The molecular formula is C18H22N4O3. The molecule has 1 aromatic carbocycles. The highest BCUT2D eigenvalue weighted by Crippen LogP contribution is 2.27. The van der Waals surface area contributed by atoms with Gasteiger partial charge < -0.3 is 11.1 Å². The van der Waals surface area contributed by atoms with Crippen molar-refractivity contribution in [2.24, 2.45) is 5.73 Å². The Labute approximate surface area is 146 Å². The summed E-state index contributed by atoms with van der Waals surface area (Å²) < 4.78 is 0. The van der Waals surface area contributed by atoms with Gasteiger partial charge in [-0.2, -0.15) is 0 Å². The van der Waals surface area contributed by atoms with Crippen molar-refractivity contribution in [1.29, 1.82) is 0 Å². The fourth-order valence-electron chi connectivity index (χ4n) is 2.90. The Kier molecular flexibility index (Phi) is 5.06. The van der Waals surface area contributed by atoms with Crippen LogP contribution < -0.4 is 11.1 Å². The highest BCUT2D eigenvalue weighted by molar-refractivity contribution is 5.98. The largest absolute Gasteiger partial charge is 0.365 e. The van der Waals surface area contributed by atoms with Gasteiger partial charge in [0.2, 0.25) is 0 Å². The third kappa shape index (κ3) is 3.45. The summed E-state index contributed by atoms with van der Waals surface area (Å²) in [5.41, 5.74) is 12.3. The van der Waals surface area contributed by atoms with Crippen LogP contribution in [0.3, 0.4) is 0 Å². The minimum atomic E-state index is -0.761. The molecule has 0 aliphatic heterocycles. The molecule has 0 fully saturated rings. The molecule has 0 unspecified atom stereocenters. The Balaban J connectivity index is 2.40. The summed E-state index contributed by atoms with van der Waals surface area (Å²) in [6.07, 6.45) is 1.11. The number of pyridine rings is 1. The first-order valence-corrected chi connectivity index (χ1v) is 7.89. The van der Waals surface area contributed by atoms with Crippen LogP contribution in [0.5, 0.6) is 0 Å². The molecule has 1 aromatic heterocycles. The Morgan fingerprint density at radius 1 is 1.12 bits per heavy atom. The Morgan fingerprint density at radius 3 is 2.12 bits per heavy atom. The van der Waals surface area contributed by atoms with Crippen LogP contribution in [0.25, 0.3) is 0 Å². The van der Waals surface area contributed by atoms with Gasteiger partial charge in [0.15, 0.2) is 0 Å². The number of aromatic nitrogens is 1. The first kappa shape index (κ1) is 18.4. The zero-order valence-corrected chi connectivity index (χ0v) is 15.1. The van der Waals surface area contributed by atoms with E-state index in [0.717, 1.165) is 17.8 Å². The van der Waals surface area contributed by atoms with Crippen molar-refractivity contribution in [2.45, 2.75) is 41.2 Å². The maximum absolute atomic E-state index is 11.6. The number of anilines is 1. The maximum atomic E-state index is 11.6. The lowest BCUT2D eigenvalue weighted by molar-refractivity contribution is -0.385. The summed E-state index contributed by atoms with van der Waals surface area (Å²) in [7, 11) is 0. The van der Waals surface area contributed by atoms with Crippen molar-refractivity contribution in [1.82, 2.24) is 4.98 Å². The summed E-state index contributed by atoms with van der Waals surface area (Å²) in [4.78, 5) is 25.9. The van der Waals surface area contributed by atoms with E-state index in [1.54, 1.807) is 0 Å². The number of nitro groups is 1. The van der Waals surface area contributed by atoms with Gasteiger partial charge in [0, 0.05) is 12.6 Å². The summed E-state index contributed by atoms with van der Waals surface area (Å²) in [6.45, 7) is 10.8. The van der Waals surface area contributed by atoms with E-state index < -0.39 is 10.8 Å². The maximum Gasteiger partial charge on any atom is 0.288 e. The van der Waals surface area contributed by atoms with Gasteiger partial charge in [-0.25, -0.2) is 4.98 Å². The van der Waals surface area contributed by atoms with Crippen molar-refractivity contribution in [3.8, 4) is 0 Å². The zero-order valence-electron chi connectivity index (χ0n) is 15.1. The highest BCUT2D eigenvalue weighted by Gasteiger charge is 2.17. The summed E-state index contributed by atoms with van der Waals surface area (Å²) in [6, 6.07) is 1.14. The predicted molar refractivity (Wildman–Crippen MR) is 96.9 cm³/mol. The molecule has 0 atom stereocenters. The Morgan fingerprint density at radius 2 is 1.64 bits per heavy atom. The number of amides is 1. The smallest absolute Gasteiger partial charge is 0.288 e. The van der Waals surface area contributed by atoms with Crippen molar-refractivity contribution in [2.75, 3.05) is 5.32 Å². The number of carbonyl (C=O) groups is 1. The average molecular weight is 342 g/mol. The third-order valence-corrected chi connectivity index (χ3v) is 4.94. The highest BCUT2D eigenvalue weighted by atomic mass is 16.6. The van der Waals surface area contributed by atoms with E-state index in [1.165, 1.54) is 27.8 Å². The molecule has 132 valence electrons. The van der Waals surface area contributed by atoms with Crippen molar-refractivity contribution < 1.29 is 9.72 Å². The number of nitrogens with one attached hydrogen (secondary N) is 1. The number of hydrogen-bond donors (Lipinski definition) is 2. The van der Waals surface area contributed by atoms with Crippen LogP contribution in [-0.4, -0.2) is 15.8 Å². The number of nitrogens with zero attached hydrogens (tertiary/aromatic N) is 2. The SMILES string of the molecule is Cc1c(C)c(C)c(CNc2ncc([N+](=O)[O-])cc2C(N)=O)c(C)c1C. The van der Waals surface area contributed by atoms with E-state index >= 15 is 0 Å². The summed E-state index contributed by atoms with van der Waals surface area (Å²) in [5, 5.41) is 14.0. The molecule has 1 amide bonds. The fraction of sp³-hybridized carbons (Fsp3) is 0.333. The van der Waals surface area contributed by atoms with Crippen LogP contribution in [0.2, 0.25) is 0 Å². The Bertz CT molecular complexity index is 846. The molecule has 1 heterocycles. The van der Waals surface area contributed by atoms with Gasteiger partial charge >= 0.3 is 0 Å². The van der Waals surface area contributed by atoms with Crippen molar-refractivity contribution in [3.05, 3.63) is 61.3 Å². The van der Waals surface area contributed by atoms with Gasteiger partial charge in [-0.05, 0) is 68.0 Å². The molecule has 0 radical (unpaired) electrons. The number of hydrogen-bond acceptors (Lipinski definition) is 5. The van der Waals surface area contributed by atoms with E-state index in [2.05, 4.69) is 44.9 Å². The zero-order chi connectivity index (χ0) is 18.9. The molecule has 2 rings (SSSR count). The molecule has 2 aromatic rings. The molecule has 0 saturated carbocycles. The number of benzene rings is 1. The second-order valence-electron chi connectivity index (χ2n) is 6.17. The van der Waals surface area contributed by atoms with Gasteiger partial charge in [0.25, 0.3) is 11.6 Å². The average Bonchev–Trinajstić information content (AvgIpc) is 2.58. The molecule has 0 bridgehead atoms. The van der Waals surface area contributed by atoms with Crippen molar-refractivity contribution in [3.63, 3.8) is 0 Å². The van der Waals surface area contributed by atoms with Crippen LogP contribution >= 0.6 is 0 Å². The van der Waals surface area contributed by atoms with Crippen LogP contribution in [0.4, 0.5) is 11.5 Å². The minimum absolute atomic E-state index is 0.00469. The molecule has 7 nitrogen and oxygen atoms in total. The molecule has 25 heavy (non-hydrogen) atoms. The quantitative estimate of drug-likeness (QED) is 0.640. The predicted octanol–water partition coefficient (Wildman–Crippen LogP) is 3.24. The number of rotatable bonds is 5. The van der Waals surface area contributed by atoms with E-state index in [1.807, 2.05) is 0 Å².